The molecule has 0 aromatic rings. The van der Waals surface area contributed by atoms with Crippen LogP contribution in [0.4, 0.5) is 8.78 Å². The van der Waals surface area contributed by atoms with Gasteiger partial charge in [0.1, 0.15) is 0 Å². The Hall–Kier alpha value is 0.170. The molecule has 4 heteroatoms. The summed E-state index contributed by atoms with van der Waals surface area (Å²) in [6, 6.07) is 0. The van der Waals surface area contributed by atoms with Gasteiger partial charge < -0.3 is 5.32 Å². The van der Waals surface area contributed by atoms with Crippen LogP contribution in [-0.4, -0.2) is 30.0 Å². The van der Waals surface area contributed by atoms with Crippen molar-refractivity contribution in [3.63, 3.8) is 0 Å². The third-order valence-corrected chi connectivity index (χ3v) is 3.48. The molecular weight excluding hydrogens is 180 g/mol. The van der Waals surface area contributed by atoms with Crippen LogP contribution >= 0.6 is 11.8 Å². The number of piperidine rings is 1. The fourth-order valence-electron chi connectivity index (χ4n) is 1.23. The number of hydrogen-bond acceptors (Lipinski definition) is 2. The van der Waals surface area contributed by atoms with Crippen molar-refractivity contribution in [1.29, 1.82) is 0 Å². The molecule has 1 aliphatic heterocycles. The fourth-order valence-corrected chi connectivity index (χ4v) is 2.32. The van der Waals surface area contributed by atoms with Crippen molar-refractivity contribution in [2.24, 2.45) is 0 Å². The summed E-state index contributed by atoms with van der Waals surface area (Å²) >= 11 is 1.41. The van der Waals surface area contributed by atoms with Gasteiger partial charge in [-0.2, -0.15) is 11.8 Å². The van der Waals surface area contributed by atoms with Gasteiger partial charge in [-0.1, -0.05) is 0 Å². The molecule has 72 valence electrons. The second kappa shape index (κ2) is 4.42. The molecule has 1 N–H and O–H groups in total. The molecule has 0 amide bonds. The van der Waals surface area contributed by atoms with Gasteiger partial charge in [-0.3, -0.25) is 0 Å². The Bertz CT molecular complexity index is 130. The maximum Gasteiger partial charge on any atom is 0.254 e. The summed E-state index contributed by atoms with van der Waals surface area (Å²) in [5, 5.41) is 3.65. The molecule has 0 spiro atoms. The molecule has 1 saturated heterocycles. The van der Waals surface area contributed by atoms with Crippen molar-refractivity contribution in [3.05, 3.63) is 0 Å². The molecule has 0 atom stereocenters. The van der Waals surface area contributed by atoms with Crippen molar-refractivity contribution in [3.8, 4) is 0 Å². The first kappa shape index (κ1) is 10.3. The van der Waals surface area contributed by atoms with E-state index in [1.165, 1.54) is 11.8 Å². The van der Waals surface area contributed by atoms with Crippen LogP contribution in [0, 0.1) is 0 Å². The zero-order valence-corrected chi connectivity index (χ0v) is 8.09. The van der Waals surface area contributed by atoms with E-state index in [0.717, 1.165) is 32.9 Å². The van der Waals surface area contributed by atoms with Gasteiger partial charge in [0.15, 0.2) is 0 Å². The highest BCUT2D eigenvalue weighted by molar-refractivity contribution is 7.99. The first-order valence-electron chi connectivity index (χ1n) is 4.28. The molecule has 0 saturated carbocycles. The van der Waals surface area contributed by atoms with Crippen molar-refractivity contribution in [2.45, 2.75) is 30.9 Å². The van der Waals surface area contributed by atoms with Gasteiger partial charge in [0.05, 0.1) is 5.75 Å². The van der Waals surface area contributed by atoms with E-state index in [2.05, 4.69) is 5.32 Å². The largest absolute Gasteiger partial charge is 0.317 e. The maximum absolute atomic E-state index is 12.4. The Morgan fingerprint density at radius 2 is 2.00 bits per heavy atom. The highest BCUT2D eigenvalue weighted by Gasteiger charge is 2.24. The maximum atomic E-state index is 12.4. The zero-order chi connectivity index (χ0) is 9.03. The summed E-state index contributed by atoms with van der Waals surface area (Å²) in [4.78, 5) is 0. The third kappa shape index (κ3) is 4.26. The van der Waals surface area contributed by atoms with Gasteiger partial charge in [0.25, 0.3) is 5.92 Å². The van der Waals surface area contributed by atoms with Gasteiger partial charge in [-0.05, 0) is 25.9 Å². The van der Waals surface area contributed by atoms with Crippen molar-refractivity contribution in [1.82, 2.24) is 5.32 Å². The average molecular weight is 195 g/mol. The third-order valence-electron chi connectivity index (χ3n) is 1.86. The smallest absolute Gasteiger partial charge is 0.254 e. The van der Waals surface area contributed by atoms with Crippen molar-refractivity contribution >= 4 is 11.8 Å². The molecule has 0 aromatic heterocycles. The molecule has 12 heavy (non-hydrogen) atoms. The van der Waals surface area contributed by atoms with Crippen LogP contribution < -0.4 is 5.32 Å². The molecule has 1 aliphatic rings. The monoisotopic (exact) mass is 195 g/mol. The summed E-state index contributed by atoms with van der Waals surface area (Å²) in [6.07, 6.45) is 2.06. The van der Waals surface area contributed by atoms with Crippen LogP contribution in [0.25, 0.3) is 0 Å². The Kier molecular flexibility index (Phi) is 3.77. The summed E-state index contributed by atoms with van der Waals surface area (Å²) in [6.45, 7) is 2.95. The van der Waals surface area contributed by atoms with E-state index in [1.54, 1.807) is 0 Å². The van der Waals surface area contributed by atoms with Crippen LogP contribution in [0.5, 0.6) is 0 Å². The minimum absolute atomic E-state index is 0.0301. The highest BCUT2D eigenvalue weighted by Crippen LogP contribution is 2.26. The summed E-state index contributed by atoms with van der Waals surface area (Å²) in [5.41, 5.74) is 0. The Morgan fingerprint density at radius 1 is 1.42 bits per heavy atom. The molecule has 0 unspecified atom stereocenters. The van der Waals surface area contributed by atoms with E-state index in [-0.39, 0.29) is 5.75 Å². The number of rotatable bonds is 3. The molecule has 0 aromatic carbocycles. The van der Waals surface area contributed by atoms with Crippen molar-refractivity contribution in [2.75, 3.05) is 18.8 Å². The predicted molar refractivity (Wildman–Crippen MR) is 49.0 cm³/mol. The lowest BCUT2D eigenvalue weighted by Crippen LogP contribution is -2.30. The van der Waals surface area contributed by atoms with Gasteiger partial charge in [0, 0.05) is 12.2 Å². The lowest BCUT2D eigenvalue weighted by atomic mass is 10.2. The number of thioether (sulfide) groups is 1. The SMILES string of the molecule is CC(F)(F)CSC1CCNCC1. The number of hydrogen-bond donors (Lipinski definition) is 1. The average Bonchev–Trinajstić information content (AvgIpc) is 2.02. The molecular formula is C8H15F2NS. The number of nitrogens with one attached hydrogen (secondary N) is 1. The van der Waals surface area contributed by atoms with Gasteiger partial charge >= 0.3 is 0 Å². The molecule has 0 radical (unpaired) electrons. The normalized spacial score (nSPS) is 21.2. The minimum atomic E-state index is -2.50. The quantitative estimate of drug-likeness (QED) is 0.740. The standard InChI is InChI=1S/C8H15F2NS/c1-8(9,10)6-12-7-2-4-11-5-3-7/h7,11H,2-6H2,1H3. The van der Waals surface area contributed by atoms with E-state index in [0.29, 0.717) is 5.25 Å². The summed E-state index contributed by atoms with van der Waals surface area (Å²) in [5.74, 6) is -2.53. The van der Waals surface area contributed by atoms with E-state index in [9.17, 15) is 8.78 Å². The lowest BCUT2D eigenvalue weighted by Gasteiger charge is -2.23. The van der Waals surface area contributed by atoms with Gasteiger partial charge in [0.2, 0.25) is 0 Å². The van der Waals surface area contributed by atoms with Crippen LogP contribution in [0.3, 0.4) is 0 Å². The molecule has 1 rings (SSSR count). The fraction of sp³-hybridized carbons (Fsp3) is 1.00. The van der Waals surface area contributed by atoms with Gasteiger partial charge in [-0.15, -0.1) is 0 Å². The molecule has 1 fully saturated rings. The van der Waals surface area contributed by atoms with Crippen LogP contribution in [-0.2, 0) is 0 Å². The van der Waals surface area contributed by atoms with E-state index in [4.69, 9.17) is 0 Å². The minimum Gasteiger partial charge on any atom is -0.317 e. The van der Waals surface area contributed by atoms with Gasteiger partial charge in [-0.25, -0.2) is 8.78 Å². The van der Waals surface area contributed by atoms with E-state index >= 15 is 0 Å². The van der Waals surface area contributed by atoms with Crippen LogP contribution in [0.15, 0.2) is 0 Å². The molecule has 0 aliphatic carbocycles. The number of alkyl halides is 2. The Morgan fingerprint density at radius 3 is 2.50 bits per heavy atom. The molecule has 1 nitrogen and oxygen atoms in total. The molecule has 0 bridgehead atoms. The topological polar surface area (TPSA) is 12.0 Å². The second-order valence-electron chi connectivity index (χ2n) is 3.33. The van der Waals surface area contributed by atoms with Crippen molar-refractivity contribution < 1.29 is 8.78 Å². The lowest BCUT2D eigenvalue weighted by molar-refractivity contribution is 0.0491. The predicted octanol–water partition coefficient (Wildman–Crippen LogP) is 2.13. The Balaban J connectivity index is 2.13. The highest BCUT2D eigenvalue weighted by atomic mass is 32.2. The zero-order valence-electron chi connectivity index (χ0n) is 7.28. The Labute approximate surface area is 76.3 Å². The van der Waals surface area contributed by atoms with E-state index < -0.39 is 5.92 Å². The van der Waals surface area contributed by atoms with E-state index in [1.807, 2.05) is 0 Å². The first-order valence-corrected chi connectivity index (χ1v) is 5.33. The van der Waals surface area contributed by atoms with Crippen LogP contribution in [0.2, 0.25) is 0 Å². The molecule has 1 heterocycles. The second-order valence-corrected chi connectivity index (χ2v) is 4.62. The first-order chi connectivity index (χ1) is 5.58. The summed E-state index contributed by atoms with van der Waals surface area (Å²) < 4.78 is 24.9. The van der Waals surface area contributed by atoms with Crippen LogP contribution in [0.1, 0.15) is 19.8 Å². The summed E-state index contributed by atoms with van der Waals surface area (Å²) in [7, 11) is 0. The number of halogens is 2.